The van der Waals surface area contributed by atoms with Crippen LogP contribution < -0.4 is 0 Å². The number of hydrogen-bond donors (Lipinski definition) is 0. The van der Waals surface area contributed by atoms with E-state index in [0.717, 1.165) is 26.1 Å². The van der Waals surface area contributed by atoms with Crippen molar-refractivity contribution in [2.24, 2.45) is 23.7 Å². The standard InChI is InChI=1S/C15H22N2O2.ClH/c1-3-16(4-2)7-8-17-14(18)12-10-5-6-11(9-10)13(12)15(17)19;/h5-6,10-13H,3-4,7-9H2,1-2H3;1H/t10-,11+,12?,13?;. The first kappa shape index (κ1) is 15.5. The first-order valence-electron chi connectivity index (χ1n) is 7.43. The Kier molecular flexibility index (Phi) is 4.55. The van der Waals surface area contributed by atoms with Crippen LogP contribution in [0, 0.1) is 23.7 Å². The second-order valence-corrected chi connectivity index (χ2v) is 5.85. The molecule has 1 aliphatic heterocycles. The van der Waals surface area contributed by atoms with Crippen LogP contribution in [0.3, 0.4) is 0 Å². The van der Waals surface area contributed by atoms with Crippen LogP contribution in [0.4, 0.5) is 0 Å². The van der Waals surface area contributed by atoms with Gasteiger partial charge in [-0.05, 0) is 31.3 Å². The highest BCUT2D eigenvalue weighted by Crippen LogP contribution is 2.52. The van der Waals surface area contributed by atoms with Gasteiger partial charge in [-0.1, -0.05) is 26.0 Å². The lowest BCUT2D eigenvalue weighted by Gasteiger charge is -2.22. The third-order valence-corrected chi connectivity index (χ3v) is 5.10. The third-order valence-electron chi connectivity index (χ3n) is 5.10. The molecule has 1 saturated heterocycles. The van der Waals surface area contributed by atoms with Gasteiger partial charge in [-0.25, -0.2) is 0 Å². The van der Waals surface area contributed by atoms with Gasteiger partial charge in [0.15, 0.2) is 0 Å². The molecule has 1 heterocycles. The minimum absolute atomic E-state index is 0. The van der Waals surface area contributed by atoms with E-state index >= 15 is 0 Å². The van der Waals surface area contributed by atoms with Crippen molar-refractivity contribution in [2.75, 3.05) is 26.2 Å². The van der Waals surface area contributed by atoms with Crippen molar-refractivity contribution in [3.8, 4) is 0 Å². The van der Waals surface area contributed by atoms with Crippen LogP contribution in [0.5, 0.6) is 0 Å². The average Bonchev–Trinajstić information content (AvgIpc) is 3.08. The van der Waals surface area contributed by atoms with Gasteiger partial charge in [-0.2, -0.15) is 0 Å². The maximum Gasteiger partial charge on any atom is 0.233 e. The number of amides is 2. The predicted octanol–water partition coefficient (Wildman–Crippen LogP) is 1.56. The molecule has 2 bridgehead atoms. The maximum absolute atomic E-state index is 12.4. The zero-order valence-corrected chi connectivity index (χ0v) is 12.9. The Labute approximate surface area is 126 Å². The van der Waals surface area contributed by atoms with Gasteiger partial charge in [-0.3, -0.25) is 14.5 Å². The minimum atomic E-state index is -0.0424. The lowest BCUT2D eigenvalue weighted by Crippen LogP contribution is -2.39. The normalized spacial score (nSPS) is 34.0. The molecule has 0 aromatic rings. The number of carbonyl (C=O) groups excluding carboxylic acids is 2. The van der Waals surface area contributed by atoms with E-state index in [2.05, 4.69) is 30.9 Å². The van der Waals surface area contributed by atoms with Crippen LogP contribution in [0.25, 0.3) is 0 Å². The second kappa shape index (κ2) is 5.86. The van der Waals surface area contributed by atoms with Crippen LogP contribution in [0.2, 0.25) is 0 Å². The molecule has 4 atom stereocenters. The van der Waals surface area contributed by atoms with Gasteiger partial charge in [0, 0.05) is 13.1 Å². The summed E-state index contributed by atoms with van der Waals surface area (Å²) >= 11 is 0. The lowest BCUT2D eigenvalue weighted by molar-refractivity contribution is -0.140. The Hall–Kier alpha value is -0.870. The fourth-order valence-electron chi connectivity index (χ4n) is 3.97. The molecule has 5 heteroatoms. The Morgan fingerprint density at radius 1 is 1.10 bits per heavy atom. The fourth-order valence-corrected chi connectivity index (χ4v) is 3.97. The zero-order chi connectivity index (χ0) is 13.6. The van der Waals surface area contributed by atoms with Gasteiger partial charge in [-0.15, -0.1) is 12.4 Å². The second-order valence-electron chi connectivity index (χ2n) is 5.85. The summed E-state index contributed by atoms with van der Waals surface area (Å²) in [5, 5.41) is 0. The first-order chi connectivity index (χ1) is 9.17. The SMILES string of the molecule is CCN(CC)CCN1C(=O)C2C(C1=O)[C@H]1C=C[C@@H]2C1.Cl. The van der Waals surface area contributed by atoms with Crippen molar-refractivity contribution in [1.82, 2.24) is 9.80 Å². The largest absolute Gasteiger partial charge is 0.302 e. The Morgan fingerprint density at radius 3 is 2.05 bits per heavy atom. The van der Waals surface area contributed by atoms with E-state index in [9.17, 15) is 9.59 Å². The number of nitrogens with zero attached hydrogens (tertiary/aromatic N) is 2. The number of hydrogen-bond acceptors (Lipinski definition) is 3. The molecular formula is C15H23ClN2O2. The maximum atomic E-state index is 12.4. The smallest absolute Gasteiger partial charge is 0.233 e. The number of rotatable bonds is 5. The molecule has 0 radical (unpaired) electrons. The Bertz CT molecular complexity index is 404. The molecule has 4 nitrogen and oxygen atoms in total. The van der Waals surface area contributed by atoms with Crippen LogP contribution in [0.15, 0.2) is 12.2 Å². The summed E-state index contributed by atoms with van der Waals surface area (Å²) in [6.07, 6.45) is 5.30. The van der Waals surface area contributed by atoms with Gasteiger partial charge in [0.2, 0.25) is 11.8 Å². The number of carbonyl (C=O) groups is 2. The van der Waals surface area contributed by atoms with Crippen LogP contribution in [-0.2, 0) is 9.59 Å². The molecule has 2 amide bonds. The van der Waals surface area contributed by atoms with E-state index in [4.69, 9.17) is 0 Å². The van der Waals surface area contributed by atoms with E-state index in [-0.39, 0.29) is 36.1 Å². The van der Waals surface area contributed by atoms with Crippen molar-refractivity contribution in [2.45, 2.75) is 20.3 Å². The van der Waals surface area contributed by atoms with Gasteiger partial charge in [0.1, 0.15) is 0 Å². The van der Waals surface area contributed by atoms with Crippen molar-refractivity contribution in [1.29, 1.82) is 0 Å². The molecule has 20 heavy (non-hydrogen) atoms. The third kappa shape index (κ3) is 2.19. The molecule has 0 spiro atoms. The Balaban J connectivity index is 0.00000147. The molecule has 2 aliphatic carbocycles. The number of allylic oxidation sites excluding steroid dienone is 2. The van der Waals surface area contributed by atoms with E-state index in [1.54, 1.807) is 0 Å². The minimum Gasteiger partial charge on any atom is -0.302 e. The van der Waals surface area contributed by atoms with Gasteiger partial charge in [0.05, 0.1) is 11.8 Å². The van der Waals surface area contributed by atoms with Crippen LogP contribution in [0.1, 0.15) is 20.3 Å². The van der Waals surface area contributed by atoms with Crippen molar-refractivity contribution >= 4 is 24.2 Å². The highest BCUT2D eigenvalue weighted by molar-refractivity contribution is 6.06. The monoisotopic (exact) mass is 298 g/mol. The number of likely N-dealkylation sites (tertiary alicyclic amines) is 1. The molecule has 2 unspecified atom stereocenters. The van der Waals surface area contributed by atoms with Crippen molar-refractivity contribution in [3.63, 3.8) is 0 Å². The zero-order valence-electron chi connectivity index (χ0n) is 12.1. The summed E-state index contributed by atoms with van der Waals surface area (Å²) in [6, 6.07) is 0. The first-order valence-corrected chi connectivity index (χ1v) is 7.43. The molecule has 112 valence electrons. The van der Waals surface area contributed by atoms with Crippen LogP contribution in [-0.4, -0.2) is 47.8 Å². The molecule has 1 saturated carbocycles. The number of imide groups is 1. The van der Waals surface area contributed by atoms with E-state index in [0.29, 0.717) is 18.4 Å². The van der Waals surface area contributed by atoms with Gasteiger partial charge < -0.3 is 4.90 Å². The van der Waals surface area contributed by atoms with Crippen molar-refractivity contribution in [3.05, 3.63) is 12.2 Å². The quantitative estimate of drug-likeness (QED) is 0.571. The van der Waals surface area contributed by atoms with Gasteiger partial charge >= 0.3 is 0 Å². The molecule has 3 aliphatic rings. The van der Waals surface area contributed by atoms with E-state index < -0.39 is 0 Å². The van der Waals surface area contributed by atoms with Gasteiger partial charge in [0.25, 0.3) is 0 Å². The lowest BCUT2D eigenvalue weighted by atomic mass is 9.85. The topological polar surface area (TPSA) is 40.6 Å². The molecule has 0 aromatic carbocycles. The highest BCUT2D eigenvalue weighted by Gasteiger charge is 2.58. The highest BCUT2D eigenvalue weighted by atomic mass is 35.5. The van der Waals surface area contributed by atoms with E-state index in [1.807, 2.05) is 0 Å². The molecule has 0 N–H and O–H groups in total. The van der Waals surface area contributed by atoms with E-state index in [1.165, 1.54) is 4.90 Å². The molecule has 0 aromatic heterocycles. The number of halogens is 1. The Morgan fingerprint density at radius 2 is 1.60 bits per heavy atom. The number of fused-ring (bicyclic) bond motifs is 5. The summed E-state index contributed by atoms with van der Waals surface area (Å²) in [5.41, 5.74) is 0. The fraction of sp³-hybridized carbons (Fsp3) is 0.733. The summed E-state index contributed by atoms with van der Waals surface area (Å²) in [7, 11) is 0. The summed E-state index contributed by atoms with van der Waals surface area (Å²) < 4.78 is 0. The summed E-state index contributed by atoms with van der Waals surface area (Å²) in [5.74, 6) is 0.728. The summed E-state index contributed by atoms with van der Waals surface area (Å²) in [4.78, 5) is 28.6. The molecular weight excluding hydrogens is 276 g/mol. The van der Waals surface area contributed by atoms with Crippen molar-refractivity contribution < 1.29 is 9.59 Å². The molecule has 3 rings (SSSR count). The number of likely N-dealkylation sites (N-methyl/N-ethyl adjacent to an activating group) is 1. The average molecular weight is 299 g/mol. The van der Waals surface area contributed by atoms with Crippen LogP contribution >= 0.6 is 12.4 Å². The molecule has 2 fully saturated rings. The summed E-state index contributed by atoms with van der Waals surface area (Å²) in [6.45, 7) is 7.50. The predicted molar refractivity (Wildman–Crippen MR) is 79.5 cm³/mol.